The highest BCUT2D eigenvalue weighted by Gasteiger charge is 2.18. The van der Waals surface area contributed by atoms with Crippen LogP contribution in [-0.2, 0) is 4.74 Å². The summed E-state index contributed by atoms with van der Waals surface area (Å²) in [5.74, 6) is 0.590. The molecular formula is C14H24O. The van der Waals surface area contributed by atoms with Gasteiger partial charge >= 0.3 is 0 Å². The molecule has 0 aromatic rings. The van der Waals surface area contributed by atoms with E-state index in [2.05, 4.69) is 52.8 Å². The van der Waals surface area contributed by atoms with Gasteiger partial charge in [0, 0.05) is 0 Å². The Morgan fingerprint density at radius 3 is 2.67 bits per heavy atom. The molecule has 0 spiro atoms. The summed E-state index contributed by atoms with van der Waals surface area (Å²) in [6, 6.07) is 0. The van der Waals surface area contributed by atoms with Crippen LogP contribution < -0.4 is 0 Å². The van der Waals surface area contributed by atoms with E-state index in [1.807, 2.05) is 0 Å². The van der Waals surface area contributed by atoms with E-state index in [0.29, 0.717) is 17.4 Å². The lowest BCUT2D eigenvalue weighted by Gasteiger charge is -2.25. The van der Waals surface area contributed by atoms with Gasteiger partial charge in [0.15, 0.2) is 0 Å². The first-order valence-corrected chi connectivity index (χ1v) is 5.85. The van der Waals surface area contributed by atoms with Crippen LogP contribution in [0.25, 0.3) is 0 Å². The van der Waals surface area contributed by atoms with E-state index in [0.717, 1.165) is 13.0 Å². The van der Waals surface area contributed by atoms with Crippen molar-refractivity contribution in [3.05, 3.63) is 23.8 Å². The lowest BCUT2D eigenvalue weighted by atomic mass is 9.81. The predicted molar refractivity (Wildman–Crippen MR) is 65.9 cm³/mol. The molecule has 0 aliphatic carbocycles. The standard InChI is InChI=1S/C14H24O/c1-11-8-9-15-13(10-11)7-6-12(2)14(3,4)5/h6-8,12-13H,9-10H2,1-5H3/b7-6+/t12-,13+/m0/s1. The molecule has 86 valence electrons. The summed E-state index contributed by atoms with van der Waals surface area (Å²) in [6.45, 7) is 12.0. The molecule has 0 aromatic carbocycles. The van der Waals surface area contributed by atoms with Crippen molar-refractivity contribution in [2.75, 3.05) is 6.61 Å². The molecule has 1 heteroatoms. The van der Waals surface area contributed by atoms with E-state index in [4.69, 9.17) is 4.74 Å². The molecule has 1 heterocycles. The number of rotatable bonds is 2. The molecule has 0 amide bonds. The Bertz CT molecular complexity index is 255. The number of hydrogen-bond donors (Lipinski definition) is 0. The molecule has 1 aliphatic heterocycles. The Balaban J connectivity index is 2.48. The summed E-state index contributed by atoms with van der Waals surface area (Å²) in [7, 11) is 0. The molecule has 15 heavy (non-hydrogen) atoms. The fourth-order valence-corrected chi connectivity index (χ4v) is 1.48. The molecule has 0 N–H and O–H groups in total. The van der Waals surface area contributed by atoms with Crippen LogP contribution in [0.2, 0.25) is 0 Å². The van der Waals surface area contributed by atoms with Crippen molar-refractivity contribution in [1.82, 2.24) is 0 Å². The second kappa shape index (κ2) is 4.98. The first-order valence-electron chi connectivity index (χ1n) is 5.85. The van der Waals surface area contributed by atoms with E-state index in [1.54, 1.807) is 0 Å². The molecule has 0 saturated carbocycles. The Hall–Kier alpha value is -0.560. The zero-order chi connectivity index (χ0) is 11.5. The van der Waals surface area contributed by atoms with Crippen LogP contribution in [-0.4, -0.2) is 12.7 Å². The van der Waals surface area contributed by atoms with Crippen molar-refractivity contribution in [2.24, 2.45) is 11.3 Å². The quantitative estimate of drug-likeness (QED) is 0.624. The number of allylic oxidation sites excluding steroid dienone is 1. The maximum absolute atomic E-state index is 5.65. The van der Waals surface area contributed by atoms with Crippen molar-refractivity contribution < 1.29 is 4.74 Å². The van der Waals surface area contributed by atoms with Crippen molar-refractivity contribution in [3.8, 4) is 0 Å². The van der Waals surface area contributed by atoms with Crippen molar-refractivity contribution in [2.45, 2.75) is 47.1 Å². The van der Waals surface area contributed by atoms with E-state index in [1.165, 1.54) is 5.57 Å². The second-order valence-electron chi connectivity index (χ2n) is 5.67. The molecule has 1 aliphatic rings. The van der Waals surface area contributed by atoms with Gasteiger partial charge in [0.05, 0.1) is 12.7 Å². The van der Waals surface area contributed by atoms with E-state index >= 15 is 0 Å². The highest BCUT2D eigenvalue weighted by atomic mass is 16.5. The van der Waals surface area contributed by atoms with Crippen LogP contribution in [0.15, 0.2) is 23.8 Å². The molecule has 0 aromatic heterocycles. The summed E-state index contributed by atoms with van der Waals surface area (Å²) in [5, 5.41) is 0. The van der Waals surface area contributed by atoms with Crippen molar-refractivity contribution >= 4 is 0 Å². The summed E-state index contributed by atoms with van der Waals surface area (Å²) >= 11 is 0. The topological polar surface area (TPSA) is 9.23 Å². The zero-order valence-corrected chi connectivity index (χ0v) is 10.7. The second-order valence-corrected chi connectivity index (χ2v) is 5.67. The van der Waals surface area contributed by atoms with Crippen LogP contribution in [0.4, 0.5) is 0 Å². The molecule has 0 bridgehead atoms. The van der Waals surface area contributed by atoms with Crippen LogP contribution >= 0.6 is 0 Å². The van der Waals surface area contributed by atoms with Gasteiger partial charge in [0.1, 0.15) is 0 Å². The van der Waals surface area contributed by atoms with Crippen LogP contribution in [0, 0.1) is 11.3 Å². The average molecular weight is 208 g/mol. The van der Waals surface area contributed by atoms with E-state index < -0.39 is 0 Å². The van der Waals surface area contributed by atoms with Gasteiger partial charge in [-0.3, -0.25) is 0 Å². The Kier molecular flexibility index (Phi) is 4.15. The van der Waals surface area contributed by atoms with Gasteiger partial charge in [-0.15, -0.1) is 0 Å². The number of hydrogen-bond acceptors (Lipinski definition) is 1. The lowest BCUT2D eigenvalue weighted by molar-refractivity contribution is 0.0980. The van der Waals surface area contributed by atoms with Crippen molar-refractivity contribution in [1.29, 1.82) is 0 Å². The van der Waals surface area contributed by atoms with Crippen LogP contribution in [0.3, 0.4) is 0 Å². The third kappa shape index (κ3) is 4.21. The summed E-state index contributed by atoms with van der Waals surface area (Å²) < 4.78 is 5.65. The van der Waals surface area contributed by atoms with Gasteiger partial charge in [0.2, 0.25) is 0 Å². The molecule has 0 saturated heterocycles. The predicted octanol–water partition coefficient (Wildman–Crippen LogP) is 3.96. The van der Waals surface area contributed by atoms with Crippen LogP contribution in [0.1, 0.15) is 41.0 Å². The smallest absolute Gasteiger partial charge is 0.0797 e. The Morgan fingerprint density at radius 1 is 1.47 bits per heavy atom. The largest absolute Gasteiger partial charge is 0.370 e. The first kappa shape index (κ1) is 12.5. The summed E-state index contributed by atoms with van der Waals surface area (Å²) in [6.07, 6.45) is 8.03. The minimum Gasteiger partial charge on any atom is -0.370 e. The average Bonchev–Trinajstić information content (AvgIpc) is 2.12. The van der Waals surface area contributed by atoms with E-state index in [-0.39, 0.29) is 0 Å². The van der Waals surface area contributed by atoms with Gasteiger partial charge in [0.25, 0.3) is 0 Å². The fraction of sp³-hybridized carbons (Fsp3) is 0.714. The fourth-order valence-electron chi connectivity index (χ4n) is 1.48. The van der Waals surface area contributed by atoms with Crippen molar-refractivity contribution in [3.63, 3.8) is 0 Å². The van der Waals surface area contributed by atoms with Gasteiger partial charge in [-0.05, 0) is 24.7 Å². The zero-order valence-electron chi connectivity index (χ0n) is 10.7. The molecule has 1 rings (SSSR count). The van der Waals surface area contributed by atoms with Gasteiger partial charge < -0.3 is 4.74 Å². The minimum atomic E-state index is 0.291. The monoisotopic (exact) mass is 208 g/mol. The summed E-state index contributed by atoms with van der Waals surface area (Å²) in [5.41, 5.74) is 1.79. The van der Waals surface area contributed by atoms with Crippen LogP contribution in [0.5, 0.6) is 0 Å². The highest BCUT2D eigenvalue weighted by molar-refractivity contribution is 5.08. The van der Waals surface area contributed by atoms with Gasteiger partial charge in [-0.25, -0.2) is 0 Å². The third-order valence-corrected chi connectivity index (χ3v) is 3.25. The molecule has 2 atom stereocenters. The third-order valence-electron chi connectivity index (χ3n) is 3.25. The first-order chi connectivity index (χ1) is 6.89. The Morgan fingerprint density at radius 2 is 2.13 bits per heavy atom. The van der Waals surface area contributed by atoms with Gasteiger partial charge in [-0.1, -0.05) is 51.5 Å². The molecule has 0 radical (unpaired) electrons. The molecule has 1 nitrogen and oxygen atoms in total. The molecular weight excluding hydrogens is 184 g/mol. The highest BCUT2D eigenvalue weighted by Crippen LogP contribution is 2.27. The SMILES string of the molecule is CC1=CCO[C@H](/C=C/[C@H](C)C(C)(C)C)C1. The number of ether oxygens (including phenoxy) is 1. The maximum Gasteiger partial charge on any atom is 0.0797 e. The van der Waals surface area contributed by atoms with E-state index in [9.17, 15) is 0 Å². The maximum atomic E-state index is 5.65. The molecule has 0 fully saturated rings. The Labute approximate surface area is 94.2 Å². The lowest BCUT2D eigenvalue weighted by Crippen LogP contribution is -2.18. The van der Waals surface area contributed by atoms with Gasteiger partial charge in [-0.2, -0.15) is 0 Å². The minimum absolute atomic E-state index is 0.291. The summed E-state index contributed by atoms with van der Waals surface area (Å²) in [4.78, 5) is 0. The normalized spacial score (nSPS) is 25.4. The molecule has 0 unspecified atom stereocenters.